The molecule has 30 heavy (non-hydrogen) atoms. The first-order valence-corrected chi connectivity index (χ1v) is 9.41. The number of hydrogen-bond donors (Lipinski definition) is 1. The quantitative estimate of drug-likeness (QED) is 0.595. The molecule has 3 aromatic rings. The Kier molecular flexibility index (Phi) is 5.25. The number of halogens is 2. The Morgan fingerprint density at radius 2 is 1.63 bits per heavy atom. The average molecular weight is 423 g/mol. The minimum Gasteiger partial charge on any atom is -0.497 e. The van der Waals surface area contributed by atoms with Gasteiger partial charge in [-0.1, -0.05) is 29.8 Å². The number of carbonyl (C=O) groups is 2. The van der Waals surface area contributed by atoms with Crippen LogP contribution in [0, 0.1) is 5.82 Å². The summed E-state index contributed by atoms with van der Waals surface area (Å²) in [5.41, 5.74) is 1.70. The van der Waals surface area contributed by atoms with E-state index in [4.69, 9.17) is 16.3 Å². The summed E-state index contributed by atoms with van der Waals surface area (Å²) in [5.74, 6) is -0.919. The molecule has 0 aromatic heterocycles. The van der Waals surface area contributed by atoms with Gasteiger partial charge in [0.25, 0.3) is 11.8 Å². The van der Waals surface area contributed by atoms with Crippen LogP contribution in [0.1, 0.15) is 5.56 Å². The number of nitrogens with zero attached hydrogens (tertiary/aromatic N) is 1. The first kappa shape index (κ1) is 19.7. The van der Waals surface area contributed by atoms with E-state index in [1.54, 1.807) is 48.5 Å². The number of anilines is 2. The molecule has 3 aromatic carbocycles. The molecule has 1 N–H and O–H groups in total. The Hall–Kier alpha value is -3.64. The predicted molar refractivity (Wildman–Crippen MR) is 114 cm³/mol. The zero-order valence-electron chi connectivity index (χ0n) is 15.9. The molecule has 4 rings (SSSR count). The van der Waals surface area contributed by atoms with E-state index in [1.165, 1.54) is 31.4 Å². The second-order valence-electron chi connectivity index (χ2n) is 6.54. The molecule has 1 aliphatic heterocycles. The molecule has 0 saturated heterocycles. The highest BCUT2D eigenvalue weighted by molar-refractivity contribution is 6.46. The molecule has 5 nitrogen and oxygen atoms in total. The number of amides is 2. The Bertz CT molecular complexity index is 1160. The fraction of sp³-hybridized carbons (Fsp3) is 0.0435. The van der Waals surface area contributed by atoms with Gasteiger partial charge in [0.15, 0.2) is 0 Å². The van der Waals surface area contributed by atoms with Crippen molar-refractivity contribution >= 4 is 40.4 Å². The Labute approximate surface area is 177 Å². The third-order valence-electron chi connectivity index (χ3n) is 4.64. The standard InChI is InChI=1S/C23H16ClFN2O3/c1-30-19-4-2-3-17(13-19)26-21-20(14-5-7-15(24)8-6-14)22(28)27(23(21)29)18-11-9-16(25)10-12-18/h2-13,26H,1H3. The van der Waals surface area contributed by atoms with Crippen molar-refractivity contribution in [2.45, 2.75) is 0 Å². The van der Waals surface area contributed by atoms with Gasteiger partial charge in [0.2, 0.25) is 0 Å². The number of rotatable bonds is 5. The smallest absolute Gasteiger partial charge is 0.282 e. The van der Waals surface area contributed by atoms with E-state index in [-0.39, 0.29) is 17.0 Å². The van der Waals surface area contributed by atoms with Gasteiger partial charge in [0.1, 0.15) is 17.3 Å². The third kappa shape index (κ3) is 3.65. The van der Waals surface area contributed by atoms with Crippen LogP contribution in [-0.2, 0) is 9.59 Å². The van der Waals surface area contributed by atoms with Crippen LogP contribution in [0.15, 0.2) is 78.5 Å². The summed E-state index contributed by atoms with van der Waals surface area (Å²) in [4.78, 5) is 27.5. The van der Waals surface area contributed by atoms with E-state index >= 15 is 0 Å². The maximum Gasteiger partial charge on any atom is 0.282 e. The molecule has 0 bridgehead atoms. The Morgan fingerprint density at radius 3 is 2.30 bits per heavy atom. The molecule has 2 amide bonds. The first-order valence-electron chi connectivity index (χ1n) is 9.03. The molecule has 0 spiro atoms. The average Bonchev–Trinajstić information content (AvgIpc) is 2.99. The van der Waals surface area contributed by atoms with E-state index in [2.05, 4.69) is 5.32 Å². The van der Waals surface area contributed by atoms with Crippen LogP contribution in [0.3, 0.4) is 0 Å². The molecule has 7 heteroatoms. The van der Waals surface area contributed by atoms with Crippen LogP contribution in [0.5, 0.6) is 5.75 Å². The Balaban J connectivity index is 1.81. The normalized spacial score (nSPS) is 13.8. The van der Waals surface area contributed by atoms with Crippen LogP contribution < -0.4 is 15.0 Å². The van der Waals surface area contributed by atoms with Crippen molar-refractivity contribution in [2.24, 2.45) is 0 Å². The van der Waals surface area contributed by atoms with Crippen molar-refractivity contribution in [3.8, 4) is 5.75 Å². The third-order valence-corrected chi connectivity index (χ3v) is 4.89. The second kappa shape index (κ2) is 8.00. The minimum absolute atomic E-state index is 0.111. The first-order chi connectivity index (χ1) is 14.5. The molecule has 0 fully saturated rings. The number of ether oxygens (including phenoxy) is 1. The predicted octanol–water partition coefficient (Wildman–Crippen LogP) is 4.88. The van der Waals surface area contributed by atoms with Gasteiger partial charge in [-0.05, 0) is 54.1 Å². The zero-order valence-corrected chi connectivity index (χ0v) is 16.6. The van der Waals surface area contributed by atoms with E-state index < -0.39 is 17.6 Å². The molecule has 1 aliphatic rings. The van der Waals surface area contributed by atoms with Gasteiger partial charge in [0, 0.05) is 16.8 Å². The summed E-state index contributed by atoms with van der Waals surface area (Å²) in [6, 6.07) is 18.8. The lowest BCUT2D eigenvalue weighted by Gasteiger charge is -2.15. The molecular weight excluding hydrogens is 407 g/mol. The van der Waals surface area contributed by atoms with Crippen LogP contribution >= 0.6 is 11.6 Å². The summed E-state index contributed by atoms with van der Waals surface area (Å²) in [5, 5.41) is 3.56. The van der Waals surface area contributed by atoms with Crippen molar-refractivity contribution in [3.63, 3.8) is 0 Å². The van der Waals surface area contributed by atoms with Crippen molar-refractivity contribution in [3.05, 3.63) is 94.9 Å². The van der Waals surface area contributed by atoms with Crippen LogP contribution in [-0.4, -0.2) is 18.9 Å². The van der Waals surface area contributed by atoms with Gasteiger partial charge in [-0.2, -0.15) is 0 Å². The minimum atomic E-state index is -0.542. The fourth-order valence-corrected chi connectivity index (χ4v) is 3.33. The zero-order chi connectivity index (χ0) is 21.3. The van der Waals surface area contributed by atoms with Crippen molar-refractivity contribution < 1.29 is 18.7 Å². The van der Waals surface area contributed by atoms with Crippen LogP contribution in [0.4, 0.5) is 15.8 Å². The van der Waals surface area contributed by atoms with E-state index in [0.29, 0.717) is 22.0 Å². The van der Waals surface area contributed by atoms with Crippen molar-refractivity contribution in [2.75, 3.05) is 17.3 Å². The maximum atomic E-state index is 13.3. The topological polar surface area (TPSA) is 58.6 Å². The summed E-state index contributed by atoms with van der Waals surface area (Å²) in [6.07, 6.45) is 0. The number of imide groups is 1. The highest BCUT2D eigenvalue weighted by Gasteiger charge is 2.40. The lowest BCUT2D eigenvalue weighted by molar-refractivity contribution is -0.120. The van der Waals surface area contributed by atoms with Gasteiger partial charge in [-0.15, -0.1) is 0 Å². The number of hydrogen-bond acceptors (Lipinski definition) is 4. The SMILES string of the molecule is COc1cccc(NC2=C(c3ccc(Cl)cc3)C(=O)N(c3ccc(F)cc3)C2=O)c1. The molecule has 0 aliphatic carbocycles. The fourth-order valence-electron chi connectivity index (χ4n) is 3.20. The van der Waals surface area contributed by atoms with E-state index in [0.717, 1.165) is 4.90 Å². The van der Waals surface area contributed by atoms with Crippen LogP contribution in [0.25, 0.3) is 5.57 Å². The van der Waals surface area contributed by atoms with Crippen LogP contribution in [0.2, 0.25) is 5.02 Å². The lowest BCUT2D eigenvalue weighted by atomic mass is 10.0. The maximum absolute atomic E-state index is 13.3. The number of methoxy groups -OCH3 is 1. The largest absolute Gasteiger partial charge is 0.497 e. The molecule has 0 unspecified atom stereocenters. The van der Waals surface area contributed by atoms with Gasteiger partial charge in [-0.3, -0.25) is 9.59 Å². The van der Waals surface area contributed by atoms with Gasteiger partial charge >= 0.3 is 0 Å². The lowest BCUT2D eigenvalue weighted by Crippen LogP contribution is -2.32. The molecule has 0 atom stereocenters. The molecule has 0 radical (unpaired) electrons. The Morgan fingerprint density at radius 1 is 0.933 bits per heavy atom. The highest BCUT2D eigenvalue weighted by atomic mass is 35.5. The number of nitrogens with one attached hydrogen (secondary N) is 1. The summed E-state index contributed by atoms with van der Waals surface area (Å²) >= 11 is 5.98. The van der Waals surface area contributed by atoms with E-state index in [1.807, 2.05) is 0 Å². The van der Waals surface area contributed by atoms with Crippen molar-refractivity contribution in [1.82, 2.24) is 0 Å². The summed E-state index contributed by atoms with van der Waals surface area (Å²) < 4.78 is 18.6. The van der Waals surface area contributed by atoms with Gasteiger partial charge in [0.05, 0.1) is 18.4 Å². The molecule has 150 valence electrons. The monoisotopic (exact) mass is 422 g/mol. The summed E-state index contributed by atoms with van der Waals surface area (Å²) in [6.45, 7) is 0. The van der Waals surface area contributed by atoms with Gasteiger partial charge < -0.3 is 10.1 Å². The molecule has 1 heterocycles. The molecule has 0 saturated carbocycles. The second-order valence-corrected chi connectivity index (χ2v) is 6.97. The number of carbonyl (C=O) groups excluding carboxylic acids is 2. The van der Waals surface area contributed by atoms with Crippen molar-refractivity contribution in [1.29, 1.82) is 0 Å². The molecular formula is C23H16ClFN2O3. The summed E-state index contributed by atoms with van der Waals surface area (Å²) in [7, 11) is 1.54. The van der Waals surface area contributed by atoms with Gasteiger partial charge in [-0.25, -0.2) is 9.29 Å². The highest BCUT2D eigenvalue weighted by Crippen LogP contribution is 2.34. The van der Waals surface area contributed by atoms with E-state index in [9.17, 15) is 14.0 Å². The number of benzene rings is 3.